The van der Waals surface area contributed by atoms with Crippen LogP contribution in [-0.4, -0.2) is 0 Å². The fourth-order valence-corrected chi connectivity index (χ4v) is 3.83. The highest BCUT2D eigenvalue weighted by atomic mass is 127. The van der Waals surface area contributed by atoms with Crippen molar-refractivity contribution in [2.45, 2.75) is 0 Å². The lowest BCUT2D eigenvalue weighted by Gasteiger charge is -1.90. The van der Waals surface area contributed by atoms with Gasteiger partial charge in [0.1, 0.15) is 0 Å². The summed E-state index contributed by atoms with van der Waals surface area (Å²) < 4.78 is 1.36. The SMILES string of the molecule is Ic1ccsc1-c1cccs1. The van der Waals surface area contributed by atoms with Crippen LogP contribution in [-0.2, 0) is 0 Å². The predicted octanol–water partition coefficient (Wildman–Crippen LogP) is 4.08. The summed E-state index contributed by atoms with van der Waals surface area (Å²) in [5.41, 5.74) is 0. The molecule has 11 heavy (non-hydrogen) atoms. The summed E-state index contributed by atoms with van der Waals surface area (Å²) in [7, 11) is 0. The molecule has 2 heterocycles. The molecule has 0 saturated heterocycles. The van der Waals surface area contributed by atoms with Crippen LogP contribution >= 0.6 is 45.3 Å². The molecular formula is C8H5IS2. The summed E-state index contributed by atoms with van der Waals surface area (Å²) in [5.74, 6) is 0. The lowest BCUT2D eigenvalue weighted by atomic mass is 10.4. The fourth-order valence-electron chi connectivity index (χ4n) is 0.877. The van der Waals surface area contributed by atoms with Crippen molar-refractivity contribution in [2.24, 2.45) is 0 Å². The van der Waals surface area contributed by atoms with E-state index in [1.54, 1.807) is 11.3 Å². The summed E-state index contributed by atoms with van der Waals surface area (Å²) >= 11 is 5.98. The van der Waals surface area contributed by atoms with Crippen LogP contribution in [0, 0.1) is 3.57 Å². The zero-order valence-electron chi connectivity index (χ0n) is 5.58. The largest absolute Gasteiger partial charge is 0.143 e. The Morgan fingerprint density at radius 3 is 2.55 bits per heavy atom. The third-order valence-corrected chi connectivity index (χ3v) is 4.59. The Morgan fingerprint density at radius 2 is 2.00 bits per heavy atom. The van der Waals surface area contributed by atoms with Crippen LogP contribution in [0.5, 0.6) is 0 Å². The molecule has 0 bridgehead atoms. The zero-order valence-corrected chi connectivity index (χ0v) is 9.37. The molecular weight excluding hydrogens is 287 g/mol. The molecule has 0 saturated carbocycles. The van der Waals surface area contributed by atoms with Crippen LogP contribution in [0.1, 0.15) is 0 Å². The molecule has 0 radical (unpaired) electrons. The van der Waals surface area contributed by atoms with E-state index in [-0.39, 0.29) is 0 Å². The maximum absolute atomic E-state index is 2.37. The van der Waals surface area contributed by atoms with E-state index >= 15 is 0 Å². The second kappa shape index (κ2) is 3.25. The van der Waals surface area contributed by atoms with E-state index in [0.29, 0.717) is 0 Å². The Balaban J connectivity index is 2.53. The minimum atomic E-state index is 1.36. The van der Waals surface area contributed by atoms with Crippen molar-refractivity contribution < 1.29 is 0 Å². The highest BCUT2D eigenvalue weighted by Crippen LogP contribution is 2.33. The van der Waals surface area contributed by atoms with Crippen molar-refractivity contribution in [2.75, 3.05) is 0 Å². The normalized spacial score (nSPS) is 10.3. The van der Waals surface area contributed by atoms with Crippen LogP contribution in [0.3, 0.4) is 0 Å². The van der Waals surface area contributed by atoms with Gasteiger partial charge in [0.15, 0.2) is 0 Å². The Kier molecular flexibility index (Phi) is 2.29. The van der Waals surface area contributed by atoms with Gasteiger partial charge in [-0.25, -0.2) is 0 Å². The van der Waals surface area contributed by atoms with Crippen LogP contribution < -0.4 is 0 Å². The molecule has 0 fully saturated rings. The molecule has 2 rings (SSSR count). The molecule has 0 aliphatic heterocycles. The first-order valence-electron chi connectivity index (χ1n) is 3.15. The number of rotatable bonds is 1. The second-order valence-corrected chi connectivity index (χ2v) is 5.10. The van der Waals surface area contributed by atoms with Gasteiger partial charge in [-0.3, -0.25) is 0 Å². The van der Waals surface area contributed by atoms with Gasteiger partial charge in [0, 0.05) is 8.45 Å². The first-order chi connectivity index (χ1) is 5.38. The topological polar surface area (TPSA) is 0 Å². The van der Waals surface area contributed by atoms with Crippen molar-refractivity contribution in [3.8, 4) is 9.75 Å². The van der Waals surface area contributed by atoms with E-state index < -0.39 is 0 Å². The van der Waals surface area contributed by atoms with Gasteiger partial charge in [-0.15, -0.1) is 22.7 Å². The molecule has 2 aromatic rings. The molecule has 0 aromatic carbocycles. The van der Waals surface area contributed by atoms with Gasteiger partial charge in [-0.2, -0.15) is 0 Å². The minimum Gasteiger partial charge on any atom is -0.143 e. The van der Waals surface area contributed by atoms with E-state index in [0.717, 1.165) is 0 Å². The average molecular weight is 292 g/mol. The molecule has 0 nitrogen and oxygen atoms in total. The molecule has 0 aliphatic carbocycles. The highest BCUT2D eigenvalue weighted by molar-refractivity contribution is 14.1. The van der Waals surface area contributed by atoms with E-state index in [1.807, 2.05) is 11.3 Å². The monoisotopic (exact) mass is 292 g/mol. The molecule has 0 unspecified atom stereocenters. The summed E-state index contributed by atoms with van der Waals surface area (Å²) in [6.45, 7) is 0. The molecule has 0 spiro atoms. The standard InChI is InChI=1S/C8H5IS2/c9-6-3-5-11-8(6)7-2-1-4-10-7/h1-5H. The van der Waals surface area contributed by atoms with Crippen molar-refractivity contribution in [1.29, 1.82) is 0 Å². The van der Waals surface area contributed by atoms with Gasteiger partial charge in [-0.1, -0.05) is 6.07 Å². The number of hydrogen-bond acceptors (Lipinski definition) is 2. The smallest absolute Gasteiger partial charge is 0.0575 e. The van der Waals surface area contributed by atoms with Crippen LogP contribution in [0.25, 0.3) is 9.75 Å². The van der Waals surface area contributed by atoms with Gasteiger partial charge in [0.25, 0.3) is 0 Å². The third kappa shape index (κ3) is 1.50. The predicted molar refractivity (Wildman–Crippen MR) is 60.3 cm³/mol. The molecule has 0 atom stereocenters. The van der Waals surface area contributed by atoms with Crippen molar-refractivity contribution in [3.63, 3.8) is 0 Å². The van der Waals surface area contributed by atoms with E-state index in [9.17, 15) is 0 Å². The van der Waals surface area contributed by atoms with Crippen molar-refractivity contribution >= 4 is 45.3 Å². The molecule has 0 amide bonds. The molecule has 0 aliphatic rings. The summed E-state index contributed by atoms with van der Waals surface area (Å²) in [4.78, 5) is 2.78. The van der Waals surface area contributed by atoms with Gasteiger partial charge < -0.3 is 0 Å². The lowest BCUT2D eigenvalue weighted by molar-refractivity contribution is 1.85. The van der Waals surface area contributed by atoms with Crippen molar-refractivity contribution in [3.05, 3.63) is 32.5 Å². The molecule has 3 heteroatoms. The molecule has 2 aromatic heterocycles. The quantitative estimate of drug-likeness (QED) is 0.695. The Morgan fingerprint density at radius 1 is 1.09 bits per heavy atom. The van der Waals surface area contributed by atoms with Crippen LogP contribution in [0.2, 0.25) is 0 Å². The summed E-state index contributed by atoms with van der Waals surface area (Å²) in [5, 5.41) is 4.25. The van der Waals surface area contributed by atoms with Gasteiger partial charge >= 0.3 is 0 Å². The highest BCUT2D eigenvalue weighted by Gasteiger charge is 2.03. The summed E-state index contributed by atoms with van der Waals surface area (Å²) in [6, 6.07) is 6.41. The fraction of sp³-hybridized carbons (Fsp3) is 0. The lowest BCUT2D eigenvalue weighted by Crippen LogP contribution is -1.65. The Bertz CT molecular complexity index is 335. The van der Waals surface area contributed by atoms with E-state index in [1.165, 1.54) is 13.3 Å². The first-order valence-corrected chi connectivity index (χ1v) is 5.98. The Labute approximate surface area is 87.0 Å². The zero-order chi connectivity index (χ0) is 7.68. The maximum Gasteiger partial charge on any atom is 0.0575 e. The number of halogens is 1. The van der Waals surface area contributed by atoms with Crippen LogP contribution in [0.15, 0.2) is 29.0 Å². The van der Waals surface area contributed by atoms with Gasteiger partial charge in [0.2, 0.25) is 0 Å². The van der Waals surface area contributed by atoms with Gasteiger partial charge in [0.05, 0.1) is 4.88 Å². The molecule has 56 valence electrons. The van der Waals surface area contributed by atoms with E-state index in [4.69, 9.17) is 0 Å². The number of thiophene rings is 2. The summed E-state index contributed by atoms with van der Waals surface area (Å²) in [6.07, 6.45) is 0. The Hall–Kier alpha value is 0.130. The first kappa shape index (κ1) is 7.76. The number of hydrogen-bond donors (Lipinski definition) is 0. The molecule has 0 N–H and O–H groups in total. The second-order valence-electron chi connectivity index (χ2n) is 2.07. The van der Waals surface area contributed by atoms with Crippen LogP contribution in [0.4, 0.5) is 0 Å². The third-order valence-electron chi connectivity index (χ3n) is 1.36. The van der Waals surface area contributed by atoms with Crippen molar-refractivity contribution in [1.82, 2.24) is 0 Å². The van der Waals surface area contributed by atoms with Gasteiger partial charge in [-0.05, 0) is 45.5 Å². The average Bonchev–Trinajstić information content (AvgIpc) is 2.55. The van der Waals surface area contributed by atoms with E-state index in [2.05, 4.69) is 51.6 Å². The maximum atomic E-state index is 2.37. The minimum absolute atomic E-state index is 1.36.